The van der Waals surface area contributed by atoms with Crippen molar-refractivity contribution in [2.24, 2.45) is 11.7 Å². The highest BCUT2D eigenvalue weighted by Gasteiger charge is 2.33. The molecule has 3 nitrogen and oxygen atoms in total. The molecule has 2 fully saturated rings. The van der Waals surface area contributed by atoms with Gasteiger partial charge in [0.1, 0.15) is 0 Å². The van der Waals surface area contributed by atoms with Crippen molar-refractivity contribution in [1.29, 1.82) is 0 Å². The van der Waals surface area contributed by atoms with Gasteiger partial charge in [-0.2, -0.15) is 0 Å². The van der Waals surface area contributed by atoms with E-state index in [2.05, 4.69) is 0 Å². The van der Waals surface area contributed by atoms with Crippen LogP contribution >= 0.6 is 0 Å². The Labute approximate surface area is 85.6 Å². The average Bonchev–Trinajstić information content (AvgIpc) is 2.13. The lowest BCUT2D eigenvalue weighted by Crippen LogP contribution is -2.42. The number of ether oxygens (including phenoxy) is 1. The summed E-state index contributed by atoms with van der Waals surface area (Å²) in [4.78, 5) is 0. The molecule has 3 heteroatoms. The normalized spacial score (nSPS) is 43.3. The molecule has 2 saturated carbocycles. The minimum Gasteiger partial charge on any atom is -0.390 e. The zero-order chi connectivity index (χ0) is 9.97. The zero-order valence-corrected chi connectivity index (χ0v) is 8.69. The lowest BCUT2D eigenvalue weighted by atomic mass is 9.82. The molecule has 0 bridgehead atoms. The second kappa shape index (κ2) is 4.60. The molecule has 0 aromatic carbocycles. The Morgan fingerprint density at radius 2 is 1.93 bits per heavy atom. The first kappa shape index (κ1) is 10.4. The molecule has 0 aromatic heterocycles. The number of hydrogen-bond acceptors (Lipinski definition) is 3. The van der Waals surface area contributed by atoms with Crippen molar-refractivity contribution in [3.63, 3.8) is 0 Å². The third-order valence-electron chi connectivity index (χ3n) is 3.56. The van der Waals surface area contributed by atoms with Gasteiger partial charge in [-0.25, -0.2) is 0 Å². The molecule has 2 aliphatic carbocycles. The fraction of sp³-hybridized carbons (Fsp3) is 1.00. The average molecular weight is 199 g/mol. The van der Waals surface area contributed by atoms with Crippen molar-refractivity contribution in [3.8, 4) is 0 Å². The maximum atomic E-state index is 9.71. The largest absolute Gasteiger partial charge is 0.390 e. The predicted molar refractivity (Wildman–Crippen MR) is 54.9 cm³/mol. The summed E-state index contributed by atoms with van der Waals surface area (Å²) >= 11 is 0. The standard InChI is InChI=1S/C11H21NO2/c12-7-8-5-9(6-8)14-11-4-2-1-3-10(11)13/h8-11,13H,1-7,12H2. The highest BCUT2D eigenvalue weighted by atomic mass is 16.5. The number of hydrogen-bond donors (Lipinski definition) is 2. The van der Waals surface area contributed by atoms with E-state index in [1.54, 1.807) is 0 Å². The number of aliphatic hydroxyl groups excluding tert-OH is 1. The van der Waals surface area contributed by atoms with Crippen LogP contribution in [0.15, 0.2) is 0 Å². The fourth-order valence-electron chi connectivity index (χ4n) is 2.46. The summed E-state index contributed by atoms with van der Waals surface area (Å²) in [5.74, 6) is 0.667. The molecule has 3 N–H and O–H groups in total. The minimum atomic E-state index is -0.222. The van der Waals surface area contributed by atoms with Gasteiger partial charge in [0.25, 0.3) is 0 Å². The van der Waals surface area contributed by atoms with Gasteiger partial charge in [-0.3, -0.25) is 0 Å². The van der Waals surface area contributed by atoms with Gasteiger partial charge in [-0.05, 0) is 38.1 Å². The van der Waals surface area contributed by atoms with Crippen LogP contribution < -0.4 is 5.73 Å². The lowest BCUT2D eigenvalue weighted by Gasteiger charge is -2.39. The summed E-state index contributed by atoms with van der Waals surface area (Å²) < 4.78 is 5.87. The summed E-state index contributed by atoms with van der Waals surface area (Å²) in [7, 11) is 0. The highest BCUT2D eigenvalue weighted by Crippen LogP contribution is 2.32. The number of nitrogens with two attached hydrogens (primary N) is 1. The molecule has 82 valence electrons. The van der Waals surface area contributed by atoms with E-state index in [-0.39, 0.29) is 12.2 Å². The Kier molecular flexibility index (Phi) is 3.42. The van der Waals surface area contributed by atoms with E-state index >= 15 is 0 Å². The Morgan fingerprint density at radius 1 is 1.21 bits per heavy atom. The number of rotatable bonds is 3. The van der Waals surface area contributed by atoms with Crippen molar-refractivity contribution in [2.75, 3.05) is 6.54 Å². The maximum absolute atomic E-state index is 9.71. The maximum Gasteiger partial charge on any atom is 0.0837 e. The molecule has 14 heavy (non-hydrogen) atoms. The smallest absolute Gasteiger partial charge is 0.0837 e. The van der Waals surface area contributed by atoms with Gasteiger partial charge in [0, 0.05) is 0 Å². The Morgan fingerprint density at radius 3 is 2.57 bits per heavy atom. The van der Waals surface area contributed by atoms with E-state index in [1.165, 1.54) is 6.42 Å². The molecule has 0 spiro atoms. The van der Waals surface area contributed by atoms with Crippen molar-refractivity contribution >= 4 is 0 Å². The molecule has 0 aromatic rings. The quantitative estimate of drug-likeness (QED) is 0.714. The summed E-state index contributed by atoms with van der Waals surface area (Å²) in [6, 6.07) is 0. The van der Waals surface area contributed by atoms with Gasteiger partial charge in [-0.15, -0.1) is 0 Å². The van der Waals surface area contributed by atoms with E-state index < -0.39 is 0 Å². The fourth-order valence-corrected chi connectivity index (χ4v) is 2.46. The molecular formula is C11H21NO2. The molecule has 2 unspecified atom stereocenters. The van der Waals surface area contributed by atoms with Crippen LogP contribution in [0.2, 0.25) is 0 Å². The van der Waals surface area contributed by atoms with Gasteiger partial charge in [-0.1, -0.05) is 12.8 Å². The third kappa shape index (κ3) is 2.27. The third-order valence-corrected chi connectivity index (χ3v) is 3.56. The van der Waals surface area contributed by atoms with Crippen molar-refractivity contribution in [3.05, 3.63) is 0 Å². The van der Waals surface area contributed by atoms with Crippen LogP contribution in [-0.4, -0.2) is 30.0 Å². The summed E-state index contributed by atoms with van der Waals surface area (Å²) in [5.41, 5.74) is 5.55. The minimum absolute atomic E-state index is 0.104. The van der Waals surface area contributed by atoms with Crippen molar-refractivity contribution in [1.82, 2.24) is 0 Å². The highest BCUT2D eigenvalue weighted by molar-refractivity contribution is 4.84. The van der Waals surface area contributed by atoms with E-state index in [1.807, 2.05) is 0 Å². The van der Waals surface area contributed by atoms with Crippen molar-refractivity contribution < 1.29 is 9.84 Å². The van der Waals surface area contributed by atoms with Crippen LogP contribution in [0, 0.1) is 5.92 Å². The van der Waals surface area contributed by atoms with E-state index in [4.69, 9.17) is 10.5 Å². The number of aliphatic hydroxyl groups is 1. The van der Waals surface area contributed by atoms with Crippen LogP contribution in [0.1, 0.15) is 38.5 Å². The van der Waals surface area contributed by atoms with Crippen LogP contribution in [0.25, 0.3) is 0 Å². The van der Waals surface area contributed by atoms with Crippen molar-refractivity contribution in [2.45, 2.75) is 56.8 Å². The molecule has 2 atom stereocenters. The van der Waals surface area contributed by atoms with Gasteiger partial charge in [0.2, 0.25) is 0 Å². The van der Waals surface area contributed by atoms with Gasteiger partial charge >= 0.3 is 0 Å². The topological polar surface area (TPSA) is 55.5 Å². The van der Waals surface area contributed by atoms with Crippen LogP contribution in [-0.2, 0) is 4.74 Å². The molecule has 0 radical (unpaired) electrons. The summed E-state index contributed by atoms with van der Waals surface area (Å²) in [5, 5.41) is 9.71. The van der Waals surface area contributed by atoms with Gasteiger partial charge in [0.15, 0.2) is 0 Å². The molecule has 2 rings (SSSR count). The van der Waals surface area contributed by atoms with E-state index in [0.29, 0.717) is 12.0 Å². The molecule has 0 saturated heterocycles. The summed E-state index contributed by atoms with van der Waals surface area (Å²) in [6.45, 7) is 0.785. The Bertz CT molecular complexity index is 180. The first-order valence-corrected chi connectivity index (χ1v) is 5.83. The lowest BCUT2D eigenvalue weighted by molar-refractivity contribution is -0.128. The molecule has 2 aliphatic rings. The first-order chi connectivity index (χ1) is 6.79. The van der Waals surface area contributed by atoms with Gasteiger partial charge in [0.05, 0.1) is 18.3 Å². The van der Waals surface area contributed by atoms with Crippen LogP contribution in [0.5, 0.6) is 0 Å². The Hall–Kier alpha value is -0.120. The summed E-state index contributed by atoms with van der Waals surface area (Å²) in [6.07, 6.45) is 6.75. The molecular weight excluding hydrogens is 178 g/mol. The van der Waals surface area contributed by atoms with E-state index in [9.17, 15) is 5.11 Å². The second-order valence-electron chi connectivity index (χ2n) is 4.72. The SMILES string of the molecule is NCC1CC(OC2CCCCC2O)C1. The molecule has 0 amide bonds. The van der Waals surface area contributed by atoms with Crippen LogP contribution in [0.4, 0.5) is 0 Å². The molecule has 0 aliphatic heterocycles. The van der Waals surface area contributed by atoms with E-state index in [0.717, 1.165) is 38.6 Å². The van der Waals surface area contributed by atoms with Gasteiger partial charge < -0.3 is 15.6 Å². The zero-order valence-electron chi connectivity index (χ0n) is 8.69. The molecule has 0 heterocycles. The van der Waals surface area contributed by atoms with Crippen LogP contribution in [0.3, 0.4) is 0 Å². The monoisotopic (exact) mass is 199 g/mol. The Balaban J connectivity index is 1.69. The second-order valence-corrected chi connectivity index (χ2v) is 4.72. The predicted octanol–water partition coefficient (Wildman–Crippen LogP) is 1.04. The first-order valence-electron chi connectivity index (χ1n) is 5.83.